The molecule has 2 fully saturated rings. The van der Waals surface area contributed by atoms with Crippen molar-refractivity contribution in [3.63, 3.8) is 0 Å². The maximum absolute atomic E-state index is 6.19. The molecule has 1 aliphatic heterocycles. The third-order valence-electron chi connectivity index (χ3n) is 5.73. The number of nitrogens with one attached hydrogen (secondary N) is 2. The van der Waals surface area contributed by atoms with Gasteiger partial charge in [-0.05, 0) is 36.6 Å². The number of morpholine rings is 1. The standard InChI is InChI=1S/C22H28ClN5O.HI/c1-24-21(27-16-22(7-8-22)18-5-2-6-19(23)14-18)26-15-17-4-3-9-25-20(17)28-10-12-29-13-11-28;/h2-6,9,14H,7-8,10-13,15-16H2,1H3,(H2,24,26,27);1H. The first kappa shape index (κ1) is 23.1. The summed E-state index contributed by atoms with van der Waals surface area (Å²) < 4.78 is 5.47. The zero-order valence-corrected chi connectivity index (χ0v) is 20.3. The molecular weight excluding hydrogens is 513 g/mol. The van der Waals surface area contributed by atoms with Gasteiger partial charge in [-0.15, -0.1) is 24.0 Å². The van der Waals surface area contributed by atoms with Gasteiger partial charge in [0.05, 0.1) is 13.2 Å². The van der Waals surface area contributed by atoms with Gasteiger partial charge in [0.1, 0.15) is 5.82 Å². The third kappa shape index (κ3) is 5.56. The Balaban J connectivity index is 0.00000256. The molecule has 0 bridgehead atoms. The van der Waals surface area contributed by atoms with Crippen LogP contribution < -0.4 is 15.5 Å². The highest BCUT2D eigenvalue weighted by Gasteiger charge is 2.44. The largest absolute Gasteiger partial charge is 0.378 e. The van der Waals surface area contributed by atoms with E-state index in [1.54, 1.807) is 7.05 Å². The van der Waals surface area contributed by atoms with Crippen molar-refractivity contribution in [3.05, 3.63) is 58.7 Å². The maximum atomic E-state index is 6.19. The van der Waals surface area contributed by atoms with E-state index in [4.69, 9.17) is 16.3 Å². The highest BCUT2D eigenvalue weighted by molar-refractivity contribution is 14.0. The molecule has 4 rings (SSSR count). The fraction of sp³-hybridized carbons (Fsp3) is 0.455. The molecule has 8 heteroatoms. The predicted molar refractivity (Wildman–Crippen MR) is 133 cm³/mol. The van der Waals surface area contributed by atoms with E-state index < -0.39 is 0 Å². The second-order valence-corrected chi connectivity index (χ2v) is 8.09. The molecule has 2 N–H and O–H groups in total. The van der Waals surface area contributed by atoms with E-state index in [2.05, 4.69) is 43.7 Å². The van der Waals surface area contributed by atoms with Crippen molar-refractivity contribution >= 4 is 47.4 Å². The number of aromatic nitrogens is 1. The van der Waals surface area contributed by atoms with Crippen molar-refractivity contribution in [1.29, 1.82) is 0 Å². The number of hydrogen-bond acceptors (Lipinski definition) is 4. The van der Waals surface area contributed by atoms with E-state index in [0.717, 1.165) is 55.2 Å². The molecule has 6 nitrogen and oxygen atoms in total. The topological polar surface area (TPSA) is 61.8 Å². The molecule has 2 heterocycles. The average molecular weight is 542 g/mol. The van der Waals surface area contributed by atoms with Crippen molar-refractivity contribution in [1.82, 2.24) is 15.6 Å². The Morgan fingerprint density at radius 1 is 1.20 bits per heavy atom. The van der Waals surface area contributed by atoms with Crippen molar-refractivity contribution in [2.45, 2.75) is 24.8 Å². The van der Waals surface area contributed by atoms with Crippen molar-refractivity contribution in [3.8, 4) is 0 Å². The van der Waals surface area contributed by atoms with E-state index in [-0.39, 0.29) is 29.4 Å². The molecule has 2 aromatic rings. The van der Waals surface area contributed by atoms with E-state index in [0.29, 0.717) is 6.54 Å². The Bertz CT molecular complexity index is 868. The normalized spacial score (nSPS) is 17.8. The van der Waals surface area contributed by atoms with Gasteiger partial charge in [-0.2, -0.15) is 0 Å². The molecule has 0 spiro atoms. The van der Waals surface area contributed by atoms with E-state index in [1.165, 1.54) is 18.4 Å². The van der Waals surface area contributed by atoms with Crippen LogP contribution in [0.1, 0.15) is 24.0 Å². The van der Waals surface area contributed by atoms with Crippen LogP contribution in [-0.4, -0.2) is 50.8 Å². The molecule has 0 radical (unpaired) electrons. The Kier molecular flexibility index (Phi) is 8.19. The number of nitrogens with zero attached hydrogens (tertiary/aromatic N) is 3. The molecule has 1 saturated carbocycles. The number of pyridine rings is 1. The van der Waals surface area contributed by atoms with Crippen LogP contribution in [0, 0.1) is 0 Å². The molecule has 1 aliphatic carbocycles. The van der Waals surface area contributed by atoms with E-state index in [9.17, 15) is 0 Å². The van der Waals surface area contributed by atoms with Crippen LogP contribution in [0.15, 0.2) is 47.6 Å². The zero-order chi connectivity index (χ0) is 20.1. The summed E-state index contributed by atoms with van der Waals surface area (Å²) in [6, 6.07) is 12.3. The van der Waals surface area contributed by atoms with Gasteiger partial charge in [0.2, 0.25) is 0 Å². The summed E-state index contributed by atoms with van der Waals surface area (Å²) in [6.07, 6.45) is 4.19. The first-order chi connectivity index (χ1) is 14.2. The minimum Gasteiger partial charge on any atom is -0.378 e. The molecule has 0 unspecified atom stereocenters. The molecule has 2 aliphatic rings. The van der Waals surface area contributed by atoms with Crippen LogP contribution in [0.5, 0.6) is 0 Å². The number of rotatable bonds is 6. The molecule has 1 aromatic carbocycles. The first-order valence-corrected chi connectivity index (χ1v) is 10.6. The molecule has 1 aromatic heterocycles. The Morgan fingerprint density at radius 3 is 2.70 bits per heavy atom. The minimum absolute atomic E-state index is 0. The highest BCUT2D eigenvalue weighted by Crippen LogP contribution is 2.48. The molecule has 1 saturated heterocycles. The molecule has 0 amide bonds. The maximum Gasteiger partial charge on any atom is 0.191 e. The summed E-state index contributed by atoms with van der Waals surface area (Å²) >= 11 is 6.19. The fourth-order valence-electron chi connectivity index (χ4n) is 3.82. The lowest BCUT2D eigenvalue weighted by Gasteiger charge is -2.29. The number of guanidine groups is 1. The average Bonchev–Trinajstić information content (AvgIpc) is 3.56. The van der Waals surface area contributed by atoms with Gasteiger partial charge < -0.3 is 20.3 Å². The van der Waals surface area contributed by atoms with Gasteiger partial charge in [-0.1, -0.05) is 29.8 Å². The SMILES string of the molecule is CN=C(NCc1cccnc1N1CCOCC1)NCC1(c2cccc(Cl)c2)CC1.I. The summed E-state index contributed by atoms with van der Waals surface area (Å²) in [5.74, 6) is 1.83. The lowest BCUT2D eigenvalue weighted by molar-refractivity contribution is 0.122. The minimum atomic E-state index is 0. The predicted octanol–water partition coefficient (Wildman–Crippen LogP) is 3.59. The van der Waals surface area contributed by atoms with Crippen LogP contribution >= 0.6 is 35.6 Å². The number of anilines is 1. The monoisotopic (exact) mass is 541 g/mol. The first-order valence-electron chi connectivity index (χ1n) is 10.2. The summed E-state index contributed by atoms with van der Waals surface area (Å²) in [4.78, 5) is 11.3. The smallest absolute Gasteiger partial charge is 0.191 e. The van der Waals surface area contributed by atoms with Crippen LogP contribution in [0.25, 0.3) is 0 Å². The van der Waals surface area contributed by atoms with E-state index >= 15 is 0 Å². The molecule has 30 heavy (non-hydrogen) atoms. The van der Waals surface area contributed by atoms with Crippen LogP contribution in [0.3, 0.4) is 0 Å². The second kappa shape index (κ2) is 10.6. The molecule has 162 valence electrons. The van der Waals surface area contributed by atoms with Crippen LogP contribution in [-0.2, 0) is 16.7 Å². The summed E-state index contributed by atoms with van der Waals surface area (Å²) in [7, 11) is 1.81. The van der Waals surface area contributed by atoms with Gasteiger partial charge in [0, 0.05) is 55.4 Å². The Labute approximate surface area is 200 Å². The van der Waals surface area contributed by atoms with E-state index in [1.807, 2.05) is 24.4 Å². The number of benzene rings is 1. The van der Waals surface area contributed by atoms with Gasteiger partial charge >= 0.3 is 0 Å². The number of aliphatic imine (C=N–C) groups is 1. The lowest BCUT2D eigenvalue weighted by atomic mass is 9.96. The summed E-state index contributed by atoms with van der Waals surface area (Å²) in [6.45, 7) is 4.76. The van der Waals surface area contributed by atoms with Crippen molar-refractivity contribution in [2.75, 3.05) is 44.8 Å². The lowest BCUT2D eigenvalue weighted by Crippen LogP contribution is -2.41. The third-order valence-corrected chi connectivity index (χ3v) is 5.97. The number of hydrogen-bond donors (Lipinski definition) is 2. The summed E-state index contributed by atoms with van der Waals surface area (Å²) in [5.41, 5.74) is 2.62. The van der Waals surface area contributed by atoms with Gasteiger partial charge in [0.15, 0.2) is 5.96 Å². The summed E-state index contributed by atoms with van der Waals surface area (Å²) in [5, 5.41) is 7.74. The van der Waals surface area contributed by atoms with Gasteiger partial charge in [-0.25, -0.2) is 4.98 Å². The Hall–Kier alpha value is -1.58. The van der Waals surface area contributed by atoms with Gasteiger partial charge in [0.25, 0.3) is 0 Å². The second-order valence-electron chi connectivity index (χ2n) is 7.66. The highest BCUT2D eigenvalue weighted by atomic mass is 127. The van der Waals surface area contributed by atoms with Crippen LogP contribution in [0.4, 0.5) is 5.82 Å². The number of ether oxygens (including phenoxy) is 1. The quantitative estimate of drug-likeness (QED) is 0.333. The fourth-order valence-corrected chi connectivity index (χ4v) is 4.01. The van der Waals surface area contributed by atoms with Gasteiger partial charge in [-0.3, -0.25) is 4.99 Å². The zero-order valence-electron chi connectivity index (χ0n) is 17.2. The molecular formula is C22H29ClIN5O. The Morgan fingerprint density at radius 2 is 2.00 bits per heavy atom. The van der Waals surface area contributed by atoms with Crippen molar-refractivity contribution < 1.29 is 4.74 Å². The molecule has 0 atom stereocenters. The van der Waals surface area contributed by atoms with Crippen LogP contribution in [0.2, 0.25) is 5.02 Å². The van der Waals surface area contributed by atoms with Crippen molar-refractivity contribution in [2.24, 2.45) is 4.99 Å². The number of halogens is 2.